The summed E-state index contributed by atoms with van der Waals surface area (Å²) in [7, 11) is -2.04. The number of hydrogen-bond donors (Lipinski definition) is 0. The fourth-order valence-electron chi connectivity index (χ4n) is 3.14. The Hall–Kier alpha value is -2.87. The van der Waals surface area contributed by atoms with E-state index in [2.05, 4.69) is 16.3 Å². The van der Waals surface area contributed by atoms with Gasteiger partial charge in [-0.2, -0.15) is 9.57 Å². The molecular formula is C21H23N5O3S2. The smallest absolute Gasteiger partial charge is 0.243 e. The molecule has 31 heavy (non-hydrogen) atoms. The van der Waals surface area contributed by atoms with E-state index >= 15 is 0 Å². The van der Waals surface area contributed by atoms with Crippen LogP contribution < -0.4 is 4.74 Å². The topological polar surface area (TPSA) is 101 Å². The van der Waals surface area contributed by atoms with Crippen LogP contribution in [0.2, 0.25) is 0 Å². The van der Waals surface area contributed by atoms with E-state index in [9.17, 15) is 8.42 Å². The van der Waals surface area contributed by atoms with E-state index in [-0.39, 0.29) is 10.6 Å². The third-order valence-electron chi connectivity index (χ3n) is 4.65. The standard InChI is InChI=1S/C21H23N5O3S2/c1-4-25(5-2)31(27,28)19-11-6-8-16(14-19)20-23-24-21(30-13-12-22)26(20)17-9-7-10-18(15-17)29-3/h6-11,14-15H,4-5,13H2,1-3H3. The zero-order valence-electron chi connectivity index (χ0n) is 17.5. The van der Waals surface area contributed by atoms with Crippen molar-refractivity contribution in [3.8, 4) is 28.9 Å². The molecule has 0 saturated heterocycles. The zero-order valence-corrected chi connectivity index (χ0v) is 19.2. The molecule has 0 N–H and O–H groups in total. The van der Waals surface area contributed by atoms with Crippen LogP contribution in [0.5, 0.6) is 5.75 Å². The van der Waals surface area contributed by atoms with Gasteiger partial charge in [-0.1, -0.05) is 43.8 Å². The number of rotatable bonds is 9. The highest BCUT2D eigenvalue weighted by atomic mass is 32.2. The second kappa shape index (κ2) is 9.96. The highest BCUT2D eigenvalue weighted by Gasteiger charge is 2.23. The van der Waals surface area contributed by atoms with Crippen LogP contribution in [0.1, 0.15) is 13.8 Å². The SMILES string of the molecule is CCN(CC)S(=O)(=O)c1cccc(-c2nnc(SCC#N)n2-c2cccc(OC)c2)c1. The lowest BCUT2D eigenvalue weighted by molar-refractivity contribution is 0.414. The number of aromatic nitrogens is 3. The molecule has 0 unspecified atom stereocenters. The van der Waals surface area contributed by atoms with Crippen molar-refractivity contribution in [3.05, 3.63) is 48.5 Å². The van der Waals surface area contributed by atoms with E-state index in [1.54, 1.807) is 35.9 Å². The second-order valence-electron chi connectivity index (χ2n) is 6.41. The molecule has 1 heterocycles. The fraction of sp³-hybridized carbons (Fsp3) is 0.286. The first-order valence-corrected chi connectivity index (χ1v) is 12.1. The van der Waals surface area contributed by atoms with Crippen LogP contribution in [-0.4, -0.2) is 53.4 Å². The molecule has 162 valence electrons. The average molecular weight is 458 g/mol. The van der Waals surface area contributed by atoms with E-state index < -0.39 is 10.0 Å². The van der Waals surface area contributed by atoms with Gasteiger partial charge in [0, 0.05) is 24.7 Å². The minimum atomic E-state index is -3.62. The van der Waals surface area contributed by atoms with Crippen molar-refractivity contribution in [1.29, 1.82) is 5.26 Å². The maximum absolute atomic E-state index is 13.0. The van der Waals surface area contributed by atoms with E-state index in [4.69, 9.17) is 10.00 Å². The third kappa shape index (κ3) is 4.74. The summed E-state index contributed by atoms with van der Waals surface area (Å²) in [5.74, 6) is 1.34. The van der Waals surface area contributed by atoms with Gasteiger partial charge < -0.3 is 4.74 Å². The van der Waals surface area contributed by atoms with Gasteiger partial charge in [0.15, 0.2) is 11.0 Å². The summed E-state index contributed by atoms with van der Waals surface area (Å²) in [5, 5.41) is 18.1. The molecule has 0 aliphatic heterocycles. The lowest BCUT2D eigenvalue weighted by atomic mass is 10.2. The summed E-state index contributed by atoms with van der Waals surface area (Å²) < 4.78 is 34.5. The highest BCUT2D eigenvalue weighted by Crippen LogP contribution is 2.30. The second-order valence-corrected chi connectivity index (χ2v) is 9.29. The minimum absolute atomic E-state index is 0.195. The molecule has 8 nitrogen and oxygen atoms in total. The fourth-order valence-corrected chi connectivity index (χ4v) is 5.26. The maximum Gasteiger partial charge on any atom is 0.243 e. The Balaban J connectivity index is 2.16. The number of methoxy groups -OCH3 is 1. The number of nitrogens with zero attached hydrogens (tertiary/aromatic N) is 5. The summed E-state index contributed by atoms with van der Waals surface area (Å²) in [5.41, 5.74) is 1.35. The van der Waals surface area contributed by atoms with E-state index in [1.807, 2.05) is 38.1 Å². The Morgan fingerprint density at radius 1 is 1.13 bits per heavy atom. The van der Waals surface area contributed by atoms with Gasteiger partial charge in [0.25, 0.3) is 0 Å². The van der Waals surface area contributed by atoms with Crippen molar-refractivity contribution >= 4 is 21.8 Å². The average Bonchev–Trinajstić information content (AvgIpc) is 3.22. The van der Waals surface area contributed by atoms with Gasteiger partial charge in [-0.05, 0) is 24.3 Å². The van der Waals surface area contributed by atoms with Gasteiger partial charge in [0.1, 0.15) is 5.75 Å². The lowest BCUT2D eigenvalue weighted by Gasteiger charge is -2.19. The molecule has 0 fully saturated rings. The van der Waals surface area contributed by atoms with Crippen molar-refractivity contribution in [3.63, 3.8) is 0 Å². The molecule has 0 bridgehead atoms. The predicted octanol–water partition coefficient (Wildman–Crippen LogP) is 3.59. The van der Waals surface area contributed by atoms with Crippen molar-refractivity contribution in [2.24, 2.45) is 0 Å². The van der Waals surface area contributed by atoms with Crippen LogP contribution in [0.4, 0.5) is 0 Å². The van der Waals surface area contributed by atoms with Gasteiger partial charge in [0.05, 0.1) is 29.5 Å². The normalized spacial score (nSPS) is 11.5. The molecule has 2 aromatic carbocycles. The Morgan fingerprint density at radius 2 is 1.87 bits per heavy atom. The van der Waals surface area contributed by atoms with Crippen molar-refractivity contribution in [1.82, 2.24) is 19.1 Å². The summed E-state index contributed by atoms with van der Waals surface area (Å²) in [6.07, 6.45) is 0. The van der Waals surface area contributed by atoms with Crippen LogP contribution in [-0.2, 0) is 10.0 Å². The molecule has 1 aromatic heterocycles. The summed E-state index contributed by atoms with van der Waals surface area (Å²) in [4.78, 5) is 0.195. The number of ether oxygens (including phenoxy) is 1. The van der Waals surface area contributed by atoms with Crippen molar-refractivity contribution < 1.29 is 13.2 Å². The molecule has 0 spiro atoms. The van der Waals surface area contributed by atoms with E-state index in [1.165, 1.54) is 16.1 Å². The predicted molar refractivity (Wildman–Crippen MR) is 120 cm³/mol. The van der Waals surface area contributed by atoms with E-state index in [0.29, 0.717) is 35.4 Å². The van der Waals surface area contributed by atoms with Gasteiger partial charge in [0.2, 0.25) is 10.0 Å². The first-order chi connectivity index (χ1) is 15.0. The van der Waals surface area contributed by atoms with Crippen molar-refractivity contribution in [2.45, 2.75) is 23.9 Å². The molecule has 0 saturated carbocycles. The Labute approximate surface area is 186 Å². The van der Waals surface area contributed by atoms with Gasteiger partial charge in [-0.3, -0.25) is 4.57 Å². The van der Waals surface area contributed by atoms with Crippen LogP contribution in [0, 0.1) is 11.3 Å². The first kappa shape index (κ1) is 22.8. The van der Waals surface area contributed by atoms with Gasteiger partial charge in [-0.25, -0.2) is 8.42 Å². The quantitative estimate of drug-likeness (QED) is 0.453. The molecule has 0 aliphatic carbocycles. The van der Waals surface area contributed by atoms with Crippen LogP contribution in [0.15, 0.2) is 58.6 Å². The van der Waals surface area contributed by atoms with Crippen LogP contribution >= 0.6 is 11.8 Å². The molecule has 0 atom stereocenters. The lowest BCUT2D eigenvalue weighted by Crippen LogP contribution is -2.30. The largest absolute Gasteiger partial charge is 0.497 e. The Morgan fingerprint density at radius 3 is 2.55 bits per heavy atom. The number of hydrogen-bond acceptors (Lipinski definition) is 7. The van der Waals surface area contributed by atoms with Gasteiger partial charge in [-0.15, -0.1) is 10.2 Å². The number of nitriles is 1. The maximum atomic E-state index is 13.0. The number of thioether (sulfide) groups is 1. The Kier molecular flexibility index (Phi) is 7.33. The minimum Gasteiger partial charge on any atom is -0.497 e. The molecular weight excluding hydrogens is 434 g/mol. The van der Waals surface area contributed by atoms with Crippen molar-refractivity contribution in [2.75, 3.05) is 26.0 Å². The number of sulfonamides is 1. The molecule has 3 rings (SSSR count). The third-order valence-corrected chi connectivity index (χ3v) is 7.49. The molecule has 10 heteroatoms. The van der Waals surface area contributed by atoms with Crippen LogP contribution in [0.25, 0.3) is 17.1 Å². The summed E-state index contributed by atoms with van der Waals surface area (Å²) in [6, 6.07) is 16.1. The molecule has 0 amide bonds. The first-order valence-electron chi connectivity index (χ1n) is 9.66. The number of benzene rings is 2. The highest BCUT2D eigenvalue weighted by molar-refractivity contribution is 7.99. The summed E-state index contributed by atoms with van der Waals surface area (Å²) >= 11 is 1.25. The summed E-state index contributed by atoms with van der Waals surface area (Å²) in [6.45, 7) is 4.39. The molecule has 0 aliphatic rings. The molecule has 3 aromatic rings. The monoisotopic (exact) mass is 457 g/mol. The zero-order chi connectivity index (χ0) is 22.4. The van der Waals surface area contributed by atoms with E-state index in [0.717, 1.165) is 5.69 Å². The van der Waals surface area contributed by atoms with Gasteiger partial charge >= 0.3 is 0 Å². The Bertz CT molecular complexity index is 1200. The van der Waals surface area contributed by atoms with Crippen LogP contribution in [0.3, 0.4) is 0 Å². The molecule has 0 radical (unpaired) electrons.